The van der Waals surface area contributed by atoms with Gasteiger partial charge in [0.1, 0.15) is 23.8 Å². The van der Waals surface area contributed by atoms with Crippen molar-refractivity contribution in [3.05, 3.63) is 82.4 Å². The second kappa shape index (κ2) is 14.0. The summed E-state index contributed by atoms with van der Waals surface area (Å²) in [6, 6.07) is 14.3. The van der Waals surface area contributed by atoms with Crippen molar-refractivity contribution in [3.8, 4) is 11.5 Å². The zero-order valence-corrected chi connectivity index (χ0v) is 22.8. The van der Waals surface area contributed by atoms with Crippen LogP contribution in [0.1, 0.15) is 35.6 Å². The number of nitrogens with zero attached hydrogens (tertiary/aromatic N) is 1. The molecule has 214 valence electrons. The van der Waals surface area contributed by atoms with E-state index in [9.17, 15) is 22.8 Å². The molecule has 1 atom stereocenters. The first kappa shape index (κ1) is 30.8. The third-order valence-corrected chi connectivity index (χ3v) is 6.44. The molecule has 11 heteroatoms. The van der Waals surface area contributed by atoms with E-state index in [4.69, 9.17) is 26.2 Å². The molecule has 1 amide bonds. The van der Waals surface area contributed by atoms with Gasteiger partial charge in [0, 0.05) is 54.7 Å². The van der Waals surface area contributed by atoms with Gasteiger partial charge in [0.25, 0.3) is 5.91 Å². The summed E-state index contributed by atoms with van der Waals surface area (Å²) in [7, 11) is 2.50. The van der Waals surface area contributed by atoms with E-state index < -0.39 is 23.7 Å². The van der Waals surface area contributed by atoms with Crippen molar-refractivity contribution in [2.75, 3.05) is 37.6 Å². The maximum absolute atomic E-state index is 13.9. The van der Waals surface area contributed by atoms with Crippen molar-refractivity contribution < 1.29 is 37.3 Å². The molecule has 1 unspecified atom stereocenters. The summed E-state index contributed by atoms with van der Waals surface area (Å²) in [4.78, 5) is 25.9. The van der Waals surface area contributed by atoms with Crippen LogP contribution in [0, 0.1) is 0 Å². The molecule has 0 saturated heterocycles. The molecule has 7 nitrogen and oxygen atoms in total. The molecule has 3 aromatic rings. The molecule has 0 radical (unpaired) electrons. The van der Waals surface area contributed by atoms with Crippen LogP contribution in [-0.2, 0) is 22.2 Å². The highest BCUT2D eigenvalue weighted by atomic mass is 35.5. The van der Waals surface area contributed by atoms with Gasteiger partial charge in [-0.1, -0.05) is 29.8 Å². The fourth-order valence-electron chi connectivity index (χ4n) is 4.26. The van der Waals surface area contributed by atoms with Crippen LogP contribution in [0.4, 0.5) is 24.5 Å². The van der Waals surface area contributed by atoms with E-state index >= 15 is 0 Å². The Bertz CT molecular complexity index is 1300. The average Bonchev–Trinajstić information content (AvgIpc) is 3.38. The van der Waals surface area contributed by atoms with Crippen LogP contribution in [-0.4, -0.2) is 44.7 Å². The number of halogens is 4. The normalized spacial score (nSPS) is 13.0. The second-order valence-electron chi connectivity index (χ2n) is 8.76. The zero-order chi connectivity index (χ0) is 29.3. The van der Waals surface area contributed by atoms with Gasteiger partial charge in [-0.15, -0.1) is 0 Å². The maximum Gasteiger partial charge on any atom is 0.416 e. The Morgan fingerprint density at radius 1 is 1.10 bits per heavy atom. The maximum atomic E-state index is 13.9. The molecule has 3 aromatic carbocycles. The lowest BCUT2D eigenvalue weighted by Crippen LogP contribution is -2.37. The number of rotatable bonds is 10. The minimum Gasteiger partial charge on any atom is -0.497 e. The number of amides is 1. The first-order valence-corrected chi connectivity index (χ1v) is 12.8. The monoisotopic (exact) mass is 578 g/mol. The van der Waals surface area contributed by atoms with Gasteiger partial charge in [0.05, 0.1) is 19.3 Å². The molecule has 2 N–H and O–H groups in total. The number of aldehydes is 1. The molecule has 1 aliphatic heterocycles. The van der Waals surface area contributed by atoms with Crippen molar-refractivity contribution in [1.82, 2.24) is 0 Å². The molecular formula is C29H30ClF3N2O5. The quantitative estimate of drug-likeness (QED) is 0.224. The molecule has 1 heterocycles. The van der Waals surface area contributed by atoms with Gasteiger partial charge in [0.2, 0.25) is 0 Å². The van der Waals surface area contributed by atoms with E-state index in [0.717, 1.165) is 25.5 Å². The van der Waals surface area contributed by atoms with Crippen LogP contribution in [0.5, 0.6) is 11.5 Å². The van der Waals surface area contributed by atoms with E-state index in [1.165, 1.54) is 18.1 Å². The Balaban J connectivity index is 0.00000216. The third kappa shape index (κ3) is 7.67. The Labute approximate surface area is 235 Å². The fourth-order valence-corrected chi connectivity index (χ4v) is 4.39. The number of nitrogens with one attached hydrogen (secondary N) is 1. The van der Waals surface area contributed by atoms with Gasteiger partial charge in [0.15, 0.2) is 0 Å². The van der Waals surface area contributed by atoms with Gasteiger partial charge in [-0.25, -0.2) is 0 Å². The molecule has 1 aliphatic rings. The van der Waals surface area contributed by atoms with Gasteiger partial charge in [-0.3, -0.25) is 4.79 Å². The van der Waals surface area contributed by atoms with Crippen LogP contribution < -0.4 is 19.7 Å². The largest absolute Gasteiger partial charge is 0.497 e. The number of methoxy groups -OCH3 is 1. The van der Waals surface area contributed by atoms with E-state index in [1.807, 2.05) is 0 Å². The lowest BCUT2D eigenvalue weighted by molar-refractivity contribution is -0.137. The molecule has 4 rings (SSSR count). The highest BCUT2D eigenvalue weighted by molar-refractivity contribution is 6.30. The number of carbonyl (C=O) groups is 2. The van der Waals surface area contributed by atoms with Crippen LogP contribution >= 0.6 is 11.6 Å². The number of anilines is 2. The number of carbonyl (C=O) groups excluding carboxylic acids is 2. The summed E-state index contributed by atoms with van der Waals surface area (Å²) in [6.07, 6.45) is -2.34. The number of unbranched alkanes of at least 4 members (excludes halogenated alkanes) is 1. The highest BCUT2D eigenvalue weighted by Gasteiger charge is 2.36. The average molecular weight is 579 g/mol. The van der Waals surface area contributed by atoms with Crippen molar-refractivity contribution in [3.63, 3.8) is 0 Å². The molecule has 0 saturated carbocycles. The minimum atomic E-state index is -4.52. The molecule has 40 heavy (non-hydrogen) atoms. The first-order valence-electron chi connectivity index (χ1n) is 12.4. The van der Waals surface area contributed by atoms with Crippen LogP contribution in [0.2, 0.25) is 5.02 Å². The lowest BCUT2D eigenvalue weighted by Gasteiger charge is -2.27. The minimum absolute atomic E-state index is 0.246. The van der Waals surface area contributed by atoms with Gasteiger partial charge < -0.3 is 29.6 Å². The molecular weight excluding hydrogens is 549 g/mol. The summed E-state index contributed by atoms with van der Waals surface area (Å²) >= 11 is 6.06. The lowest BCUT2D eigenvalue weighted by atomic mass is 10.0. The van der Waals surface area contributed by atoms with E-state index in [0.29, 0.717) is 59.2 Å². The van der Waals surface area contributed by atoms with Crippen molar-refractivity contribution in [2.45, 2.75) is 31.5 Å². The van der Waals surface area contributed by atoms with Crippen LogP contribution in [0.25, 0.3) is 0 Å². The summed E-state index contributed by atoms with van der Waals surface area (Å²) < 4.78 is 51.3. The third-order valence-electron chi connectivity index (χ3n) is 6.19. The van der Waals surface area contributed by atoms with Crippen LogP contribution in [0.3, 0.4) is 0 Å². The SMILES string of the molecule is CO.COc1cc(NC(C(=O)N2CCc3ccc(C(F)(F)F)cc32)c2ccc(Cl)cc2)cc(OCCCC=O)c1. The second-order valence-corrected chi connectivity index (χ2v) is 9.20. The van der Waals surface area contributed by atoms with Crippen molar-refractivity contribution >= 4 is 35.2 Å². The number of alkyl halides is 3. The summed E-state index contributed by atoms with van der Waals surface area (Å²) in [5.41, 5.74) is 1.20. The smallest absolute Gasteiger partial charge is 0.416 e. The number of aliphatic hydroxyl groups is 1. The van der Waals surface area contributed by atoms with Gasteiger partial charge in [-0.2, -0.15) is 13.2 Å². The Morgan fingerprint density at radius 3 is 2.45 bits per heavy atom. The standard InChI is InChI=1S/C28H26ClF3N2O4.CH4O/c1-37-23-15-22(16-24(17-23)38-13-3-2-12-35)33-26(19-5-8-21(29)9-6-19)27(36)34-11-10-18-4-7-20(14-25(18)34)28(30,31)32;1-2/h4-9,12,14-17,26,33H,2-3,10-11,13H2,1H3;2H,1H3. The summed E-state index contributed by atoms with van der Waals surface area (Å²) in [6.45, 7) is 0.571. The number of hydrogen-bond acceptors (Lipinski definition) is 6. The number of benzene rings is 3. The van der Waals surface area contributed by atoms with Crippen LogP contribution in [0.15, 0.2) is 60.7 Å². The molecule has 0 bridgehead atoms. The van der Waals surface area contributed by atoms with E-state index in [1.54, 1.807) is 42.5 Å². The predicted octanol–water partition coefficient (Wildman–Crippen LogP) is 6.08. The van der Waals surface area contributed by atoms with Gasteiger partial charge >= 0.3 is 6.18 Å². The summed E-state index contributed by atoms with van der Waals surface area (Å²) in [5, 5.41) is 10.7. The van der Waals surface area contributed by atoms with Gasteiger partial charge in [-0.05, 0) is 48.2 Å². The first-order chi connectivity index (χ1) is 19.2. The zero-order valence-electron chi connectivity index (χ0n) is 22.0. The fraction of sp³-hybridized carbons (Fsp3) is 0.310. The van der Waals surface area contributed by atoms with Crippen molar-refractivity contribution in [1.29, 1.82) is 0 Å². The number of hydrogen-bond donors (Lipinski definition) is 2. The van der Waals surface area contributed by atoms with E-state index in [-0.39, 0.29) is 12.2 Å². The summed E-state index contributed by atoms with van der Waals surface area (Å²) in [5.74, 6) is 0.534. The number of ether oxygens (including phenoxy) is 2. The predicted molar refractivity (Wildman–Crippen MR) is 147 cm³/mol. The van der Waals surface area contributed by atoms with Crippen molar-refractivity contribution in [2.24, 2.45) is 0 Å². The molecule has 0 aliphatic carbocycles. The number of aliphatic hydroxyl groups excluding tert-OH is 1. The Kier molecular flexibility index (Phi) is 10.8. The highest BCUT2D eigenvalue weighted by Crippen LogP contribution is 2.38. The Hall–Kier alpha value is -3.76. The number of fused-ring (bicyclic) bond motifs is 1. The molecule has 0 spiro atoms. The van der Waals surface area contributed by atoms with E-state index in [2.05, 4.69) is 5.32 Å². The Morgan fingerprint density at radius 2 is 1.80 bits per heavy atom. The molecule has 0 aromatic heterocycles. The molecule has 0 fully saturated rings. The topological polar surface area (TPSA) is 88.1 Å².